The van der Waals surface area contributed by atoms with Crippen molar-refractivity contribution in [3.05, 3.63) is 52.1 Å². The second-order valence-corrected chi connectivity index (χ2v) is 5.73. The molecule has 2 aromatic rings. The van der Waals surface area contributed by atoms with Gasteiger partial charge in [0.15, 0.2) is 0 Å². The molecule has 0 saturated carbocycles. The molecular formula is C16H18ClN3O. The molecule has 4 nitrogen and oxygen atoms in total. The molecule has 1 amide bonds. The number of rotatable bonds is 3. The Morgan fingerprint density at radius 3 is 2.57 bits per heavy atom. The standard InChI is InChI=1S/C16H18ClN3O/c1-9(2)15-18-8-12(11(4)19-15)16(21)20-14-6-5-10(3)7-13(14)17/h5-9H,1-4H3,(H,20,21). The first-order chi connectivity index (χ1) is 9.88. The van der Waals surface area contributed by atoms with Crippen molar-refractivity contribution in [3.63, 3.8) is 0 Å². The Bertz CT molecular complexity index is 683. The molecule has 110 valence electrons. The van der Waals surface area contributed by atoms with E-state index in [9.17, 15) is 4.79 Å². The van der Waals surface area contributed by atoms with Crippen LogP contribution in [0.15, 0.2) is 24.4 Å². The van der Waals surface area contributed by atoms with Crippen LogP contribution in [0.1, 0.15) is 47.2 Å². The van der Waals surface area contributed by atoms with Gasteiger partial charge in [0.1, 0.15) is 5.82 Å². The van der Waals surface area contributed by atoms with Crippen molar-refractivity contribution in [1.29, 1.82) is 0 Å². The molecule has 0 bridgehead atoms. The van der Waals surface area contributed by atoms with Gasteiger partial charge < -0.3 is 5.32 Å². The summed E-state index contributed by atoms with van der Waals surface area (Å²) in [5, 5.41) is 3.31. The van der Waals surface area contributed by atoms with E-state index in [1.165, 1.54) is 0 Å². The molecule has 1 aromatic heterocycles. The van der Waals surface area contributed by atoms with Gasteiger partial charge in [0.05, 0.1) is 22.0 Å². The number of amides is 1. The van der Waals surface area contributed by atoms with Crippen molar-refractivity contribution < 1.29 is 4.79 Å². The van der Waals surface area contributed by atoms with Gasteiger partial charge in [0, 0.05) is 12.1 Å². The van der Waals surface area contributed by atoms with Crippen LogP contribution in [-0.2, 0) is 0 Å². The van der Waals surface area contributed by atoms with Gasteiger partial charge >= 0.3 is 0 Å². The van der Waals surface area contributed by atoms with Gasteiger partial charge in [-0.25, -0.2) is 9.97 Å². The number of aromatic nitrogens is 2. The van der Waals surface area contributed by atoms with Gasteiger partial charge in [-0.05, 0) is 31.5 Å². The summed E-state index contributed by atoms with van der Waals surface area (Å²) in [6, 6.07) is 5.49. The van der Waals surface area contributed by atoms with Crippen molar-refractivity contribution in [2.45, 2.75) is 33.6 Å². The van der Waals surface area contributed by atoms with Crippen molar-refractivity contribution in [2.24, 2.45) is 0 Å². The monoisotopic (exact) mass is 303 g/mol. The largest absolute Gasteiger partial charge is 0.321 e. The first-order valence-electron chi connectivity index (χ1n) is 6.79. The van der Waals surface area contributed by atoms with E-state index in [1.54, 1.807) is 19.2 Å². The Labute approximate surface area is 129 Å². The molecule has 0 unspecified atom stereocenters. The molecule has 2 rings (SSSR count). The van der Waals surface area contributed by atoms with Crippen LogP contribution in [0, 0.1) is 13.8 Å². The molecule has 1 N–H and O–H groups in total. The smallest absolute Gasteiger partial charge is 0.259 e. The van der Waals surface area contributed by atoms with E-state index in [-0.39, 0.29) is 11.8 Å². The van der Waals surface area contributed by atoms with E-state index >= 15 is 0 Å². The highest BCUT2D eigenvalue weighted by Gasteiger charge is 2.14. The van der Waals surface area contributed by atoms with Gasteiger partial charge in [-0.15, -0.1) is 0 Å². The second kappa shape index (κ2) is 6.22. The normalized spacial score (nSPS) is 10.8. The third-order valence-electron chi connectivity index (χ3n) is 3.13. The first kappa shape index (κ1) is 15.4. The number of hydrogen-bond donors (Lipinski definition) is 1. The molecular weight excluding hydrogens is 286 g/mol. The number of aryl methyl sites for hydroxylation is 2. The first-order valence-corrected chi connectivity index (χ1v) is 7.17. The lowest BCUT2D eigenvalue weighted by atomic mass is 10.1. The van der Waals surface area contributed by atoms with Crippen molar-refractivity contribution in [3.8, 4) is 0 Å². The molecule has 0 aliphatic rings. The summed E-state index contributed by atoms with van der Waals surface area (Å²) in [6.07, 6.45) is 1.56. The highest BCUT2D eigenvalue weighted by Crippen LogP contribution is 2.23. The molecule has 0 spiro atoms. The summed E-state index contributed by atoms with van der Waals surface area (Å²) in [5.41, 5.74) is 2.74. The van der Waals surface area contributed by atoms with E-state index < -0.39 is 0 Å². The van der Waals surface area contributed by atoms with Crippen molar-refractivity contribution >= 4 is 23.2 Å². The molecule has 0 atom stereocenters. The lowest BCUT2D eigenvalue weighted by Gasteiger charge is -2.11. The molecule has 1 aromatic carbocycles. The van der Waals surface area contributed by atoms with Gasteiger partial charge in [0.25, 0.3) is 5.91 Å². The number of carbonyl (C=O) groups excluding carboxylic acids is 1. The number of nitrogens with one attached hydrogen (secondary N) is 1. The molecule has 21 heavy (non-hydrogen) atoms. The number of benzene rings is 1. The molecule has 0 saturated heterocycles. The van der Waals surface area contributed by atoms with Gasteiger partial charge in [0.2, 0.25) is 0 Å². The quantitative estimate of drug-likeness (QED) is 0.928. The summed E-state index contributed by atoms with van der Waals surface area (Å²) in [5.74, 6) is 0.707. The van der Waals surface area contributed by atoms with Crippen LogP contribution in [0.2, 0.25) is 5.02 Å². The van der Waals surface area contributed by atoms with Crippen LogP contribution in [0.5, 0.6) is 0 Å². The second-order valence-electron chi connectivity index (χ2n) is 5.32. The maximum atomic E-state index is 12.3. The molecule has 5 heteroatoms. The van der Waals surface area contributed by atoms with Crippen LogP contribution >= 0.6 is 11.6 Å². The number of nitrogens with zero attached hydrogens (tertiary/aromatic N) is 2. The highest BCUT2D eigenvalue weighted by atomic mass is 35.5. The zero-order valence-electron chi connectivity index (χ0n) is 12.6. The SMILES string of the molecule is Cc1ccc(NC(=O)c2cnc(C(C)C)nc2C)c(Cl)c1. The number of hydrogen-bond acceptors (Lipinski definition) is 3. The average molecular weight is 304 g/mol. The maximum absolute atomic E-state index is 12.3. The Morgan fingerprint density at radius 2 is 2.00 bits per heavy atom. The third-order valence-corrected chi connectivity index (χ3v) is 3.44. The van der Waals surface area contributed by atoms with Crippen molar-refractivity contribution in [2.75, 3.05) is 5.32 Å². The zero-order valence-corrected chi connectivity index (χ0v) is 13.3. The molecule has 0 fully saturated rings. The third kappa shape index (κ3) is 3.58. The Balaban J connectivity index is 2.24. The minimum atomic E-state index is -0.256. The van der Waals surface area contributed by atoms with Crippen LogP contribution in [0.4, 0.5) is 5.69 Å². The topological polar surface area (TPSA) is 54.9 Å². The Kier molecular flexibility index (Phi) is 4.58. The molecule has 0 radical (unpaired) electrons. The zero-order chi connectivity index (χ0) is 15.6. The summed E-state index contributed by atoms with van der Waals surface area (Å²) in [6.45, 7) is 7.78. The Morgan fingerprint density at radius 1 is 1.29 bits per heavy atom. The minimum Gasteiger partial charge on any atom is -0.321 e. The summed E-state index contributed by atoms with van der Waals surface area (Å²) < 4.78 is 0. The fraction of sp³-hybridized carbons (Fsp3) is 0.312. The number of carbonyl (C=O) groups is 1. The van der Waals surface area contributed by atoms with E-state index in [2.05, 4.69) is 15.3 Å². The van der Waals surface area contributed by atoms with Crippen LogP contribution in [-0.4, -0.2) is 15.9 Å². The number of anilines is 1. The van der Waals surface area contributed by atoms with Crippen LogP contribution < -0.4 is 5.32 Å². The summed E-state index contributed by atoms with van der Waals surface area (Å²) in [7, 11) is 0. The Hall–Kier alpha value is -1.94. The average Bonchev–Trinajstić information content (AvgIpc) is 2.41. The predicted octanol–water partition coefficient (Wildman–Crippen LogP) is 4.12. The van der Waals surface area contributed by atoms with Gasteiger partial charge in [-0.3, -0.25) is 4.79 Å². The van der Waals surface area contributed by atoms with Crippen LogP contribution in [0.25, 0.3) is 0 Å². The lowest BCUT2D eigenvalue weighted by molar-refractivity contribution is 0.102. The fourth-order valence-electron chi connectivity index (χ4n) is 1.90. The molecule has 0 aliphatic carbocycles. The molecule has 1 heterocycles. The molecule has 0 aliphatic heterocycles. The number of halogens is 1. The summed E-state index contributed by atoms with van der Waals surface area (Å²) in [4.78, 5) is 20.9. The highest BCUT2D eigenvalue weighted by molar-refractivity contribution is 6.34. The minimum absolute atomic E-state index is 0.229. The van der Waals surface area contributed by atoms with E-state index in [4.69, 9.17) is 11.6 Å². The van der Waals surface area contributed by atoms with Crippen LogP contribution in [0.3, 0.4) is 0 Å². The summed E-state index contributed by atoms with van der Waals surface area (Å²) >= 11 is 6.12. The van der Waals surface area contributed by atoms with Crippen molar-refractivity contribution in [1.82, 2.24) is 9.97 Å². The fourth-order valence-corrected chi connectivity index (χ4v) is 2.18. The lowest BCUT2D eigenvalue weighted by Crippen LogP contribution is -2.16. The maximum Gasteiger partial charge on any atom is 0.259 e. The van der Waals surface area contributed by atoms with E-state index in [1.807, 2.05) is 32.9 Å². The predicted molar refractivity (Wildman–Crippen MR) is 85.0 cm³/mol. The van der Waals surface area contributed by atoms with E-state index in [0.29, 0.717) is 22.0 Å². The van der Waals surface area contributed by atoms with Gasteiger partial charge in [-0.1, -0.05) is 31.5 Å². The van der Waals surface area contributed by atoms with Gasteiger partial charge in [-0.2, -0.15) is 0 Å². The van der Waals surface area contributed by atoms with E-state index in [0.717, 1.165) is 11.4 Å².